The predicted molar refractivity (Wildman–Crippen MR) is 64.1 cm³/mol. The molecule has 2 rings (SSSR count). The van der Waals surface area contributed by atoms with Gasteiger partial charge in [0.15, 0.2) is 0 Å². The maximum Gasteiger partial charge on any atom is 0.0235 e. The molecule has 1 aliphatic heterocycles. The van der Waals surface area contributed by atoms with Gasteiger partial charge in [-0.25, -0.2) is 0 Å². The van der Waals surface area contributed by atoms with Crippen LogP contribution in [0.15, 0.2) is 0 Å². The maximum absolute atomic E-state index is 3.50. The van der Waals surface area contributed by atoms with E-state index in [0.717, 1.165) is 18.0 Å². The van der Waals surface area contributed by atoms with Crippen molar-refractivity contribution < 1.29 is 0 Å². The van der Waals surface area contributed by atoms with E-state index in [1.165, 1.54) is 38.9 Å². The third-order valence-electron chi connectivity index (χ3n) is 4.07. The lowest BCUT2D eigenvalue weighted by atomic mass is 10.0. The van der Waals surface area contributed by atoms with Crippen molar-refractivity contribution in [2.24, 2.45) is 5.92 Å². The summed E-state index contributed by atoms with van der Waals surface area (Å²) in [5.41, 5.74) is 0. The Morgan fingerprint density at radius 2 is 2.00 bits per heavy atom. The van der Waals surface area contributed by atoms with Gasteiger partial charge >= 0.3 is 0 Å². The average molecular weight is 211 g/mol. The highest BCUT2D eigenvalue weighted by molar-refractivity contribution is 4.90. The molecule has 0 aromatic carbocycles. The van der Waals surface area contributed by atoms with E-state index in [-0.39, 0.29) is 0 Å². The number of piperazine rings is 1. The Kier molecular flexibility index (Phi) is 3.65. The number of nitrogens with zero attached hydrogens (tertiary/aromatic N) is 2. The Labute approximate surface area is 93.8 Å². The molecule has 1 aliphatic carbocycles. The van der Waals surface area contributed by atoms with E-state index in [1.54, 1.807) is 0 Å². The first kappa shape index (κ1) is 11.4. The Morgan fingerprint density at radius 1 is 1.27 bits per heavy atom. The Hall–Kier alpha value is -0.120. The molecule has 1 N–H and O–H groups in total. The van der Waals surface area contributed by atoms with Gasteiger partial charge in [0.1, 0.15) is 0 Å². The molecule has 2 fully saturated rings. The van der Waals surface area contributed by atoms with Crippen molar-refractivity contribution in [3.8, 4) is 0 Å². The van der Waals surface area contributed by atoms with Gasteiger partial charge in [0.2, 0.25) is 0 Å². The molecule has 0 aromatic heterocycles. The van der Waals surface area contributed by atoms with E-state index >= 15 is 0 Å². The zero-order valence-corrected chi connectivity index (χ0v) is 10.4. The lowest BCUT2D eigenvalue weighted by Crippen LogP contribution is -2.52. The normalized spacial score (nSPS) is 31.8. The van der Waals surface area contributed by atoms with Crippen molar-refractivity contribution in [1.82, 2.24) is 15.1 Å². The van der Waals surface area contributed by atoms with Crippen LogP contribution in [0.25, 0.3) is 0 Å². The highest BCUT2D eigenvalue weighted by atomic mass is 15.3. The lowest BCUT2D eigenvalue weighted by Gasteiger charge is -2.39. The molecular weight excluding hydrogens is 186 g/mol. The van der Waals surface area contributed by atoms with Crippen LogP contribution in [0.1, 0.15) is 19.3 Å². The molecule has 0 amide bonds. The second-order valence-corrected chi connectivity index (χ2v) is 5.36. The van der Waals surface area contributed by atoms with E-state index in [4.69, 9.17) is 0 Å². The van der Waals surface area contributed by atoms with Crippen LogP contribution < -0.4 is 5.32 Å². The first-order valence-corrected chi connectivity index (χ1v) is 6.26. The number of hydrogen-bond acceptors (Lipinski definition) is 3. The van der Waals surface area contributed by atoms with Crippen LogP contribution in [0.4, 0.5) is 0 Å². The molecule has 2 unspecified atom stereocenters. The van der Waals surface area contributed by atoms with Crippen molar-refractivity contribution in [2.45, 2.75) is 31.3 Å². The van der Waals surface area contributed by atoms with E-state index < -0.39 is 0 Å². The minimum absolute atomic E-state index is 0.752. The van der Waals surface area contributed by atoms with E-state index in [9.17, 15) is 0 Å². The molecule has 2 aliphatic rings. The molecule has 1 saturated heterocycles. The molecule has 1 saturated carbocycles. The third-order valence-corrected chi connectivity index (χ3v) is 4.07. The zero-order valence-electron chi connectivity index (χ0n) is 10.4. The second kappa shape index (κ2) is 4.81. The minimum Gasteiger partial charge on any atom is -0.317 e. The summed E-state index contributed by atoms with van der Waals surface area (Å²) in [5.74, 6) is 0.968. The monoisotopic (exact) mass is 211 g/mol. The largest absolute Gasteiger partial charge is 0.317 e. The van der Waals surface area contributed by atoms with Gasteiger partial charge in [-0.2, -0.15) is 0 Å². The molecule has 0 bridgehead atoms. The molecule has 0 aromatic rings. The molecule has 3 heteroatoms. The van der Waals surface area contributed by atoms with Gasteiger partial charge in [0, 0.05) is 31.7 Å². The smallest absolute Gasteiger partial charge is 0.0235 e. The minimum atomic E-state index is 0.752. The lowest BCUT2D eigenvalue weighted by molar-refractivity contribution is 0.0996. The van der Waals surface area contributed by atoms with Gasteiger partial charge in [0.25, 0.3) is 0 Å². The first-order chi connectivity index (χ1) is 7.20. The fourth-order valence-corrected chi connectivity index (χ4v) is 2.69. The van der Waals surface area contributed by atoms with Crippen LogP contribution in [-0.4, -0.2) is 62.7 Å². The molecule has 15 heavy (non-hydrogen) atoms. The Bertz CT molecular complexity index is 203. The summed E-state index contributed by atoms with van der Waals surface area (Å²) in [5, 5.41) is 3.50. The number of rotatable bonds is 4. The zero-order chi connectivity index (χ0) is 10.8. The summed E-state index contributed by atoms with van der Waals surface area (Å²) >= 11 is 0. The predicted octanol–water partition coefficient (Wildman–Crippen LogP) is 0.620. The van der Waals surface area contributed by atoms with Crippen LogP contribution in [0.3, 0.4) is 0 Å². The topological polar surface area (TPSA) is 18.5 Å². The number of hydrogen-bond donors (Lipinski definition) is 1. The third kappa shape index (κ3) is 2.92. The molecule has 88 valence electrons. The second-order valence-electron chi connectivity index (χ2n) is 5.36. The SMILES string of the molecule is CNC(CC1CN(C)CCN1C)C1CC1. The highest BCUT2D eigenvalue weighted by Crippen LogP contribution is 2.34. The van der Waals surface area contributed by atoms with Gasteiger partial charge in [-0.05, 0) is 46.3 Å². The Morgan fingerprint density at radius 3 is 2.60 bits per heavy atom. The molecule has 2 atom stereocenters. The summed E-state index contributed by atoms with van der Waals surface area (Å²) in [4.78, 5) is 5.00. The van der Waals surface area contributed by atoms with Gasteiger partial charge < -0.3 is 15.1 Å². The van der Waals surface area contributed by atoms with Gasteiger partial charge in [-0.15, -0.1) is 0 Å². The standard InChI is InChI=1S/C12H25N3/c1-13-12(10-4-5-10)8-11-9-14(2)6-7-15(11)3/h10-13H,4-9H2,1-3H3. The van der Waals surface area contributed by atoms with Crippen molar-refractivity contribution in [3.63, 3.8) is 0 Å². The van der Waals surface area contributed by atoms with Crippen molar-refractivity contribution in [2.75, 3.05) is 40.8 Å². The summed E-state index contributed by atoms with van der Waals surface area (Å²) in [6, 6.07) is 1.51. The highest BCUT2D eigenvalue weighted by Gasteiger charge is 2.33. The summed E-state index contributed by atoms with van der Waals surface area (Å²) in [6.07, 6.45) is 4.21. The van der Waals surface area contributed by atoms with Crippen molar-refractivity contribution in [1.29, 1.82) is 0 Å². The average Bonchev–Trinajstić information content (AvgIpc) is 3.03. The van der Waals surface area contributed by atoms with Crippen LogP contribution in [-0.2, 0) is 0 Å². The molecule has 1 heterocycles. The fraction of sp³-hybridized carbons (Fsp3) is 1.00. The van der Waals surface area contributed by atoms with Crippen LogP contribution >= 0.6 is 0 Å². The van der Waals surface area contributed by atoms with Gasteiger partial charge in [0.05, 0.1) is 0 Å². The molecule has 0 spiro atoms. The van der Waals surface area contributed by atoms with Crippen LogP contribution in [0, 0.1) is 5.92 Å². The summed E-state index contributed by atoms with van der Waals surface area (Å²) in [7, 11) is 6.64. The fourth-order valence-electron chi connectivity index (χ4n) is 2.69. The van der Waals surface area contributed by atoms with Gasteiger partial charge in [-0.1, -0.05) is 0 Å². The van der Waals surface area contributed by atoms with Crippen LogP contribution in [0.5, 0.6) is 0 Å². The number of nitrogens with one attached hydrogen (secondary N) is 1. The van der Waals surface area contributed by atoms with E-state index in [1.807, 2.05) is 0 Å². The Balaban J connectivity index is 1.84. The molecule has 0 radical (unpaired) electrons. The van der Waals surface area contributed by atoms with Crippen molar-refractivity contribution >= 4 is 0 Å². The number of likely N-dealkylation sites (N-methyl/N-ethyl adjacent to an activating group) is 2. The quantitative estimate of drug-likeness (QED) is 0.735. The summed E-state index contributed by atoms with van der Waals surface area (Å²) < 4.78 is 0. The molecule has 3 nitrogen and oxygen atoms in total. The van der Waals surface area contributed by atoms with E-state index in [0.29, 0.717) is 0 Å². The van der Waals surface area contributed by atoms with Crippen LogP contribution in [0.2, 0.25) is 0 Å². The molecular formula is C12H25N3. The van der Waals surface area contributed by atoms with Gasteiger partial charge in [-0.3, -0.25) is 0 Å². The van der Waals surface area contributed by atoms with Crippen molar-refractivity contribution in [3.05, 3.63) is 0 Å². The maximum atomic E-state index is 3.50. The van der Waals surface area contributed by atoms with E-state index in [2.05, 4.69) is 36.3 Å². The first-order valence-electron chi connectivity index (χ1n) is 6.26. The summed E-state index contributed by atoms with van der Waals surface area (Å²) in [6.45, 7) is 3.68.